The van der Waals surface area contributed by atoms with Crippen LogP contribution in [0.25, 0.3) is 0 Å². The summed E-state index contributed by atoms with van der Waals surface area (Å²) in [5, 5.41) is 51.7. The second-order valence-electron chi connectivity index (χ2n) is 26.0. The summed E-state index contributed by atoms with van der Waals surface area (Å²) in [6.45, 7) is 6.20. The van der Waals surface area contributed by atoms with Gasteiger partial charge in [-0.15, -0.1) is 5.10 Å². The van der Waals surface area contributed by atoms with E-state index in [0.717, 1.165) is 45.2 Å². The van der Waals surface area contributed by atoms with E-state index in [1.807, 2.05) is 6.20 Å². The van der Waals surface area contributed by atoms with Crippen LogP contribution in [0.2, 0.25) is 0 Å². The molecule has 6 N–H and O–H groups in total. The van der Waals surface area contributed by atoms with Crippen LogP contribution in [0, 0.1) is 16.7 Å². The van der Waals surface area contributed by atoms with Gasteiger partial charge in [0.2, 0.25) is 17.9 Å². The Morgan fingerprint density at radius 2 is 1.42 bits per heavy atom. The van der Waals surface area contributed by atoms with Crippen molar-refractivity contribution in [1.29, 1.82) is 0 Å². The number of aromatic nitrogens is 3. The van der Waals surface area contributed by atoms with Gasteiger partial charge in [0.1, 0.15) is 49.8 Å². The molecular weight excluding hydrogens is 1280 g/mol. The zero-order chi connectivity index (χ0) is 71.2. The number of ether oxygens (including phenoxy) is 8. The third-order valence-corrected chi connectivity index (χ3v) is 19.0. The van der Waals surface area contributed by atoms with Gasteiger partial charge in [-0.2, -0.15) is 0 Å². The van der Waals surface area contributed by atoms with Crippen LogP contribution >= 0.6 is 0 Å². The summed E-state index contributed by atoms with van der Waals surface area (Å²) in [7, 11) is 0. The number of amides is 3. The molecule has 27 nitrogen and oxygen atoms in total. The molecule has 5 aromatic rings. The van der Waals surface area contributed by atoms with Gasteiger partial charge in [-0.3, -0.25) is 33.4 Å². The molecule has 3 amide bonds. The number of hydrogen-bond donors (Lipinski definition) is 6. The molecular formula is C72H84N6O21. The topological polar surface area (TPSA) is 372 Å². The number of hydrogen-bond acceptors (Lipinski definition) is 23. The predicted octanol–water partition coefficient (Wildman–Crippen LogP) is 5.27. The molecule has 9 rings (SSSR count). The van der Waals surface area contributed by atoms with Crippen LogP contribution in [-0.2, 0) is 95.8 Å². The number of anilines is 1. The third kappa shape index (κ3) is 17.0. The molecule has 11 atom stereocenters. The van der Waals surface area contributed by atoms with Gasteiger partial charge in [0.15, 0.2) is 17.5 Å². The van der Waals surface area contributed by atoms with Crippen molar-refractivity contribution < 1.29 is 101 Å². The second kappa shape index (κ2) is 32.4. The largest absolute Gasteiger partial charge is 0.459 e. The number of nitrogens with zero attached hydrogens (tertiary/aromatic N) is 3. The lowest BCUT2D eigenvalue weighted by molar-refractivity contribution is -0.346. The normalized spacial score (nSPS) is 24.1. The summed E-state index contributed by atoms with van der Waals surface area (Å²) >= 11 is 0. The monoisotopic (exact) mass is 1370 g/mol. The molecule has 3 fully saturated rings. The van der Waals surface area contributed by atoms with Crippen molar-refractivity contribution in [1.82, 2.24) is 25.6 Å². The average molecular weight is 1370 g/mol. The fraction of sp³-hybridized carbons (Fsp3) is 0.472. The number of fused-ring (bicyclic) bond motifs is 5. The Morgan fingerprint density at radius 3 is 2.07 bits per heavy atom. The minimum absolute atomic E-state index is 0.000555. The first-order chi connectivity index (χ1) is 47.3. The minimum atomic E-state index is -2.56. The summed E-state index contributed by atoms with van der Waals surface area (Å²) in [6.07, 6.45) is -4.82. The van der Waals surface area contributed by atoms with E-state index >= 15 is 9.59 Å². The standard InChI is InChI=1S/C72H84N6O21/c1-43-52(36-72(91)65(98-67(89)49-25-16-11-17-26-49)63-70(6,53(82)35-54-71(63,42-94-54)99-45(3)81)64(87)61(95-44(2)80)59(43)69(72,4)5)96-68(90)62(60(47-21-12-9-13-22-47)75-66(88)48-23-14-10-15-24-48)97-58(86)41-92-40-57(85)93-39-46-29-31-50(32-30-46)74-56(84)37-73-55(83)28-20-27-51-38-78(77-76-51)33-18-7-8-19-34-79/h9-17,21-26,29-32,38,52-54,60-63,65,79,82,91H,7-8,18-20,27-28,33-37,39-42H2,1-6H3,(H,73,83)(H,74,84)(H,75,88)/t52-,53-,54+,60?,61+,62+,63-,65-,70+,71-,72+/m0/s1. The van der Waals surface area contributed by atoms with Gasteiger partial charge in [-0.05, 0) is 98.2 Å². The molecule has 0 spiro atoms. The average Bonchev–Trinajstić information content (AvgIpc) is 0.794. The van der Waals surface area contributed by atoms with Crippen molar-refractivity contribution in [2.24, 2.45) is 16.7 Å². The van der Waals surface area contributed by atoms with E-state index in [-0.39, 0.29) is 66.3 Å². The molecule has 27 heteroatoms. The van der Waals surface area contributed by atoms with E-state index in [9.17, 15) is 48.6 Å². The zero-order valence-electron chi connectivity index (χ0n) is 56.0. The van der Waals surface area contributed by atoms with Crippen molar-refractivity contribution in [3.05, 3.63) is 161 Å². The van der Waals surface area contributed by atoms with Gasteiger partial charge in [-0.1, -0.05) is 111 Å². The van der Waals surface area contributed by atoms with Gasteiger partial charge in [0.05, 0.1) is 41.8 Å². The highest BCUT2D eigenvalue weighted by Gasteiger charge is 2.78. The maximum absolute atomic E-state index is 15.9. The minimum Gasteiger partial charge on any atom is -0.459 e. The number of rotatable bonds is 30. The Labute approximate surface area is 571 Å². The molecule has 3 aliphatic carbocycles. The highest BCUT2D eigenvalue weighted by atomic mass is 16.6. The number of carbonyl (C=O) groups is 10. The van der Waals surface area contributed by atoms with Gasteiger partial charge < -0.3 is 69.2 Å². The number of aryl methyl sites for hydroxylation is 2. The Bertz CT molecular complexity index is 3770. The summed E-state index contributed by atoms with van der Waals surface area (Å²) in [5.74, 6) is -10.5. The quantitative estimate of drug-likeness (QED) is 0.0148. The van der Waals surface area contributed by atoms with E-state index in [1.54, 1.807) is 95.7 Å². The van der Waals surface area contributed by atoms with Crippen LogP contribution in [0.4, 0.5) is 5.69 Å². The summed E-state index contributed by atoms with van der Waals surface area (Å²) in [5.41, 5.74) is -6.46. The molecule has 4 aromatic carbocycles. The highest BCUT2D eigenvalue weighted by Crippen LogP contribution is 2.64. The maximum atomic E-state index is 15.9. The lowest BCUT2D eigenvalue weighted by atomic mass is 9.44. The number of carbonyl (C=O) groups excluding carboxylic acids is 10. The SMILES string of the molecule is CC(=O)O[C@H]1C(=O)[C@@]2(C)[C@H]([C@H](OC(=O)c3ccccc3)[C@]3(O)C[C@H](OC(=O)[C@H](OC(=O)COCC(=O)OCc4ccc(NC(=O)CNC(=O)CCCc5cn(CCCCCCO)nn5)cc4)C(NC(=O)c4ccccc4)c4ccccc4)C(C)=C1C3(C)C)[C@]1(OC(C)=O)CO[C@@H]1C[C@@H]2O. The van der Waals surface area contributed by atoms with Crippen LogP contribution in [0.1, 0.15) is 136 Å². The summed E-state index contributed by atoms with van der Waals surface area (Å²) < 4.78 is 49.5. The first kappa shape index (κ1) is 73.7. The third-order valence-electron chi connectivity index (χ3n) is 19.0. The Hall–Kier alpha value is -9.54. The van der Waals surface area contributed by atoms with E-state index < -0.39 is 150 Å². The van der Waals surface area contributed by atoms with E-state index in [0.29, 0.717) is 30.6 Å². The molecule has 1 aromatic heterocycles. The Balaban J connectivity index is 0.907. The molecule has 4 aliphatic rings. The van der Waals surface area contributed by atoms with Crippen molar-refractivity contribution in [2.45, 2.75) is 166 Å². The number of nitrogens with one attached hydrogen (secondary N) is 3. The van der Waals surface area contributed by atoms with Crippen LogP contribution < -0.4 is 16.0 Å². The molecule has 0 radical (unpaired) electrons. The molecule has 1 saturated heterocycles. The molecule has 1 unspecified atom stereocenters. The first-order valence-electron chi connectivity index (χ1n) is 32.9. The number of esters is 6. The molecule has 2 heterocycles. The van der Waals surface area contributed by atoms with E-state index in [2.05, 4.69) is 26.3 Å². The Morgan fingerprint density at radius 1 is 0.768 bits per heavy atom. The zero-order valence-corrected chi connectivity index (χ0v) is 56.0. The van der Waals surface area contributed by atoms with Gasteiger partial charge in [0, 0.05) is 69.1 Å². The van der Waals surface area contributed by atoms with E-state index in [1.165, 1.54) is 52.0 Å². The highest BCUT2D eigenvalue weighted by molar-refractivity contribution is 5.97. The van der Waals surface area contributed by atoms with Crippen LogP contribution in [-0.4, -0.2) is 170 Å². The van der Waals surface area contributed by atoms with Crippen molar-refractivity contribution in [3.63, 3.8) is 0 Å². The van der Waals surface area contributed by atoms with Crippen molar-refractivity contribution in [2.75, 3.05) is 38.3 Å². The second-order valence-corrected chi connectivity index (χ2v) is 26.0. The first-order valence-corrected chi connectivity index (χ1v) is 32.9. The lowest BCUT2D eigenvalue weighted by Gasteiger charge is -2.67. The number of ketones is 1. The molecule has 99 heavy (non-hydrogen) atoms. The van der Waals surface area contributed by atoms with Gasteiger partial charge >= 0.3 is 35.8 Å². The molecule has 2 bridgehead atoms. The van der Waals surface area contributed by atoms with Gasteiger partial charge in [0.25, 0.3) is 5.91 Å². The molecule has 2 saturated carbocycles. The molecule has 528 valence electrons. The summed E-state index contributed by atoms with van der Waals surface area (Å²) in [6, 6.07) is 28.2. The fourth-order valence-corrected chi connectivity index (χ4v) is 13.8. The van der Waals surface area contributed by atoms with Crippen LogP contribution in [0.5, 0.6) is 0 Å². The van der Waals surface area contributed by atoms with Crippen molar-refractivity contribution in [3.8, 4) is 0 Å². The maximum Gasteiger partial charge on any atom is 0.350 e. The number of aliphatic hydroxyl groups excluding tert-OH is 2. The lowest BCUT2D eigenvalue weighted by Crippen LogP contribution is -2.82. The fourth-order valence-electron chi connectivity index (χ4n) is 13.8. The van der Waals surface area contributed by atoms with Crippen LogP contribution in [0.15, 0.2) is 133 Å². The van der Waals surface area contributed by atoms with Crippen LogP contribution in [0.3, 0.4) is 0 Å². The number of Topliss-reactive ketones (excluding diaryl/α,β-unsaturated/α-hetero) is 1. The predicted molar refractivity (Wildman–Crippen MR) is 349 cm³/mol. The number of unbranched alkanes of at least 4 members (excludes halogenated alkanes) is 3. The Kier molecular flexibility index (Phi) is 24.1. The number of benzene rings is 4. The van der Waals surface area contributed by atoms with Gasteiger partial charge in [-0.25, -0.2) is 19.2 Å². The van der Waals surface area contributed by atoms with Crippen molar-refractivity contribution >= 4 is 65.0 Å². The molecule has 1 aliphatic heterocycles. The smallest absolute Gasteiger partial charge is 0.350 e. The number of aliphatic hydroxyl groups is 3. The van der Waals surface area contributed by atoms with E-state index in [4.69, 9.17) is 43.0 Å². The summed E-state index contributed by atoms with van der Waals surface area (Å²) in [4.78, 5) is 139.